The highest BCUT2D eigenvalue weighted by molar-refractivity contribution is 7.19. The maximum Gasteiger partial charge on any atom is 0.231 e. The van der Waals surface area contributed by atoms with Crippen molar-refractivity contribution in [3.05, 3.63) is 39.7 Å². The van der Waals surface area contributed by atoms with Gasteiger partial charge in [0.05, 0.1) is 12.2 Å². The van der Waals surface area contributed by atoms with Gasteiger partial charge in [0, 0.05) is 40.2 Å². The normalized spacial score (nSPS) is 23.9. The van der Waals surface area contributed by atoms with E-state index >= 15 is 0 Å². The smallest absolute Gasteiger partial charge is 0.231 e. The van der Waals surface area contributed by atoms with E-state index in [1.54, 1.807) is 11.2 Å². The number of amides is 1. The van der Waals surface area contributed by atoms with Crippen molar-refractivity contribution in [2.24, 2.45) is 11.7 Å². The van der Waals surface area contributed by atoms with Crippen LogP contribution >= 0.6 is 11.3 Å². The second-order valence-corrected chi connectivity index (χ2v) is 12.2. The molecule has 1 saturated carbocycles. The molecule has 8 heteroatoms. The van der Waals surface area contributed by atoms with Gasteiger partial charge in [-0.05, 0) is 73.5 Å². The molecule has 3 atom stereocenters. The first-order chi connectivity index (χ1) is 16.9. The molecule has 0 aromatic carbocycles. The third-order valence-corrected chi connectivity index (χ3v) is 10.1. The van der Waals surface area contributed by atoms with Crippen LogP contribution in [0.25, 0.3) is 27.1 Å². The molecule has 1 unspecified atom stereocenters. The van der Waals surface area contributed by atoms with Crippen LogP contribution in [-0.2, 0) is 17.6 Å². The first kappa shape index (κ1) is 21.6. The van der Waals surface area contributed by atoms with E-state index in [4.69, 9.17) is 5.73 Å². The summed E-state index contributed by atoms with van der Waals surface area (Å²) in [7, 11) is 0. The molecule has 1 saturated heterocycles. The van der Waals surface area contributed by atoms with E-state index < -0.39 is 0 Å². The Hall–Kier alpha value is -2.71. The molecular formula is C27H32N6OS. The summed E-state index contributed by atoms with van der Waals surface area (Å²) in [6.45, 7) is 8.36. The lowest BCUT2D eigenvalue weighted by molar-refractivity contribution is -0.119. The fraction of sp³-hybridized carbons (Fsp3) is 0.519. The van der Waals surface area contributed by atoms with E-state index in [1.807, 2.05) is 15.9 Å². The molecule has 1 amide bonds. The van der Waals surface area contributed by atoms with E-state index in [0.29, 0.717) is 30.3 Å². The first-order valence-corrected chi connectivity index (χ1v) is 13.7. The van der Waals surface area contributed by atoms with Gasteiger partial charge in [-0.15, -0.1) is 11.3 Å². The summed E-state index contributed by atoms with van der Waals surface area (Å²) < 4.78 is 1.96. The number of aromatic amines is 1. The molecule has 4 aromatic rings. The third-order valence-electron chi connectivity index (χ3n) is 8.80. The zero-order valence-electron chi connectivity index (χ0n) is 20.6. The average Bonchev–Trinajstić information content (AvgIpc) is 3.61. The van der Waals surface area contributed by atoms with Gasteiger partial charge in [-0.3, -0.25) is 9.69 Å². The molecule has 0 spiro atoms. The standard InChI is InChI=1S/C27H32N6OS/c1-13(2)22-23-14(3)25(19-8-16-7-15(19)9-32(16)11-21(28)34)35-27(23)31-24(22)20-10-33-26(29-12-30-33)18-6-4-5-17(18)20/h10,12-13,15-16,19,31H,4-9,11H2,1-3H3,(H2,28,34)/t15-,16-,19?/m0/s1. The monoisotopic (exact) mass is 488 g/mol. The number of carbonyl (C=O) groups is 1. The van der Waals surface area contributed by atoms with Crippen molar-refractivity contribution >= 4 is 33.1 Å². The Bertz CT molecular complexity index is 1490. The van der Waals surface area contributed by atoms with Gasteiger partial charge < -0.3 is 10.7 Å². The Balaban J connectivity index is 1.32. The summed E-state index contributed by atoms with van der Waals surface area (Å²) in [6.07, 6.45) is 9.56. The Morgan fingerprint density at radius 3 is 2.86 bits per heavy atom. The number of carbonyl (C=O) groups excluding carboxylic acids is 1. The number of aromatic nitrogens is 4. The lowest BCUT2D eigenvalue weighted by Gasteiger charge is -2.30. The fourth-order valence-corrected chi connectivity index (χ4v) is 8.85. The van der Waals surface area contributed by atoms with Crippen molar-refractivity contribution in [2.45, 2.75) is 70.8 Å². The van der Waals surface area contributed by atoms with Crippen LogP contribution in [0.2, 0.25) is 0 Å². The second kappa shape index (κ2) is 7.64. The van der Waals surface area contributed by atoms with Crippen LogP contribution in [-0.4, -0.2) is 49.5 Å². The van der Waals surface area contributed by atoms with E-state index in [9.17, 15) is 4.79 Å². The number of hydrogen-bond donors (Lipinski definition) is 2. The van der Waals surface area contributed by atoms with Gasteiger partial charge in [-0.1, -0.05) is 13.8 Å². The minimum Gasteiger partial charge on any atom is -0.369 e. The van der Waals surface area contributed by atoms with Crippen molar-refractivity contribution in [3.8, 4) is 11.3 Å². The van der Waals surface area contributed by atoms with Crippen molar-refractivity contribution in [1.29, 1.82) is 0 Å². The number of pyridine rings is 1. The minimum absolute atomic E-state index is 0.209. The number of fused-ring (bicyclic) bond motifs is 6. The second-order valence-electron chi connectivity index (χ2n) is 11.1. The van der Waals surface area contributed by atoms with Crippen LogP contribution in [0.4, 0.5) is 0 Å². The zero-order valence-corrected chi connectivity index (χ0v) is 21.4. The molecule has 7 rings (SSSR count). The van der Waals surface area contributed by atoms with Gasteiger partial charge in [0.15, 0.2) is 5.65 Å². The van der Waals surface area contributed by atoms with Crippen molar-refractivity contribution < 1.29 is 4.79 Å². The van der Waals surface area contributed by atoms with Crippen LogP contribution in [0.3, 0.4) is 0 Å². The van der Waals surface area contributed by atoms with Crippen molar-refractivity contribution in [3.63, 3.8) is 0 Å². The molecule has 2 aliphatic carbocycles. The molecule has 182 valence electrons. The summed E-state index contributed by atoms with van der Waals surface area (Å²) in [5.41, 5.74) is 14.8. The molecule has 2 fully saturated rings. The van der Waals surface area contributed by atoms with Gasteiger partial charge in [-0.2, -0.15) is 5.10 Å². The topological polar surface area (TPSA) is 92.3 Å². The third kappa shape index (κ3) is 3.08. The number of aryl methyl sites for hydroxylation is 2. The maximum atomic E-state index is 11.5. The molecule has 7 nitrogen and oxygen atoms in total. The number of hydrogen-bond acceptors (Lipinski definition) is 5. The number of likely N-dealkylation sites (tertiary alicyclic amines) is 1. The molecular weight excluding hydrogens is 456 g/mol. The predicted octanol–water partition coefficient (Wildman–Crippen LogP) is 4.52. The number of nitrogens with two attached hydrogens (primary N) is 1. The van der Waals surface area contributed by atoms with Crippen LogP contribution in [0.15, 0.2) is 12.5 Å². The largest absolute Gasteiger partial charge is 0.369 e. The van der Waals surface area contributed by atoms with E-state index in [1.165, 1.54) is 56.6 Å². The molecule has 5 heterocycles. The molecule has 3 aliphatic rings. The van der Waals surface area contributed by atoms with E-state index in [2.05, 4.69) is 46.9 Å². The Morgan fingerprint density at radius 1 is 1.29 bits per heavy atom. The lowest BCUT2D eigenvalue weighted by atomic mass is 9.88. The number of rotatable bonds is 5. The highest BCUT2D eigenvalue weighted by Crippen LogP contribution is 2.53. The number of primary amides is 1. The molecule has 35 heavy (non-hydrogen) atoms. The van der Waals surface area contributed by atoms with Crippen molar-refractivity contribution in [2.75, 3.05) is 13.1 Å². The van der Waals surface area contributed by atoms with Gasteiger partial charge in [-0.25, -0.2) is 9.50 Å². The summed E-state index contributed by atoms with van der Waals surface area (Å²) in [5.74, 6) is 1.42. The predicted molar refractivity (Wildman–Crippen MR) is 139 cm³/mol. The van der Waals surface area contributed by atoms with Crippen LogP contribution in [0, 0.1) is 12.8 Å². The summed E-state index contributed by atoms with van der Waals surface area (Å²) in [5, 5.41) is 5.92. The molecule has 2 bridgehead atoms. The Morgan fingerprint density at radius 2 is 2.11 bits per heavy atom. The van der Waals surface area contributed by atoms with Crippen LogP contribution < -0.4 is 5.73 Å². The number of thiophene rings is 1. The maximum absolute atomic E-state index is 11.5. The molecule has 4 aromatic heterocycles. The minimum atomic E-state index is -0.209. The highest BCUT2D eigenvalue weighted by Gasteiger charge is 2.46. The van der Waals surface area contributed by atoms with E-state index in [-0.39, 0.29) is 5.91 Å². The van der Waals surface area contributed by atoms with Gasteiger partial charge in [0.1, 0.15) is 11.2 Å². The average molecular weight is 489 g/mol. The Kier molecular flexibility index (Phi) is 4.71. The SMILES string of the molecule is Cc1c(C2C[C@@H]3C[C@H]2CN3CC(N)=O)sc2[nH]c(-c3cn4ncnc4c4c3CCC4)c(C(C)C)c12. The molecule has 3 N–H and O–H groups in total. The number of nitrogens with zero attached hydrogens (tertiary/aromatic N) is 4. The van der Waals surface area contributed by atoms with E-state index in [0.717, 1.165) is 31.5 Å². The molecule has 0 radical (unpaired) electrons. The highest BCUT2D eigenvalue weighted by atomic mass is 32.1. The zero-order chi connectivity index (χ0) is 24.0. The van der Waals surface area contributed by atoms with Gasteiger partial charge >= 0.3 is 0 Å². The van der Waals surface area contributed by atoms with Crippen molar-refractivity contribution in [1.82, 2.24) is 24.5 Å². The molecule has 1 aliphatic heterocycles. The number of piperidine rings is 1. The Labute approximate surface area is 208 Å². The first-order valence-electron chi connectivity index (χ1n) is 12.9. The summed E-state index contributed by atoms with van der Waals surface area (Å²) in [6, 6.07) is 0.495. The fourth-order valence-electron chi connectivity index (χ4n) is 7.42. The van der Waals surface area contributed by atoms with Crippen LogP contribution in [0.5, 0.6) is 0 Å². The quantitative estimate of drug-likeness (QED) is 0.432. The number of nitrogens with one attached hydrogen (secondary N) is 1. The summed E-state index contributed by atoms with van der Waals surface area (Å²) >= 11 is 1.96. The number of H-pyrrole nitrogens is 1. The van der Waals surface area contributed by atoms with Gasteiger partial charge in [0.2, 0.25) is 5.91 Å². The lowest BCUT2D eigenvalue weighted by Crippen LogP contribution is -2.40. The van der Waals surface area contributed by atoms with Gasteiger partial charge in [0.25, 0.3) is 0 Å². The summed E-state index contributed by atoms with van der Waals surface area (Å²) in [4.78, 5) is 25.1. The van der Waals surface area contributed by atoms with Crippen LogP contribution in [0.1, 0.15) is 72.1 Å².